The molecule has 1 atom stereocenters. The summed E-state index contributed by atoms with van der Waals surface area (Å²) in [6, 6.07) is 7.47. The third kappa shape index (κ3) is 2.39. The average Bonchev–Trinajstić information content (AvgIpc) is 2.92. The van der Waals surface area contributed by atoms with Crippen molar-refractivity contribution in [2.75, 3.05) is 6.54 Å². The van der Waals surface area contributed by atoms with Crippen LogP contribution in [0.15, 0.2) is 33.9 Å². The Labute approximate surface area is 149 Å². The van der Waals surface area contributed by atoms with Gasteiger partial charge in [-0.15, -0.1) is 0 Å². The van der Waals surface area contributed by atoms with Crippen LogP contribution in [0.25, 0.3) is 10.9 Å². The monoisotopic (exact) mass is 354 g/mol. The molecule has 0 bridgehead atoms. The number of H-pyrrole nitrogens is 2. The van der Waals surface area contributed by atoms with Crippen molar-refractivity contribution in [3.63, 3.8) is 0 Å². The number of aromatic nitrogens is 3. The van der Waals surface area contributed by atoms with E-state index in [-0.39, 0.29) is 11.4 Å². The molecule has 1 aromatic carbocycles. The lowest BCUT2D eigenvalue weighted by atomic mass is 9.95. The predicted molar refractivity (Wildman–Crippen MR) is 99.8 cm³/mol. The molecule has 0 amide bonds. The van der Waals surface area contributed by atoms with Crippen LogP contribution in [0.1, 0.15) is 43.6 Å². The highest BCUT2D eigenvalue weighted by atomic mass is 16.3. The maximum absolute atomic E-state index is 12.6. The maximum atomic E-state index is 12.6. The van der Waals surface area contributed by atoms with Gasteiger partial charge in [-0.3, -0.25) is 14.3 Å². The van der Waals surface area contributed by atoms with Crippen LogP contribution in [-0.4, -0.2) is 26.2 Å². The molecule has 3 heterocycles. The van der Waals surface area contributed by atoms with E-state index in [9.17, 15) is 14.7 Å². The van der Waals surface area contributed by atoms with Crippen LogP contribution in [-0.2, 0) is 12.0 Å². The largest absolute Gasteiger partial charge is 0.494 e. The second kappa shape index (κ2) is 5.60. The summed E-state index contributed by atoms with van der Waals surface area (Å²) in [5, 5.41) is 15.3. The number of hydrogen-bond donors (Lipinski definition) is 4. The third-order valence-corrected chi connectivity index (χ3v) is 4.94. The molecular formula is C19H22N4O3. The number of fused-ring (bicyclic) bond motifs is 3. The van der Waals surface area contributed by atoms with Crippen molar-refractivity contribution < 1.29 is 5.11 Å². The van der Waals surface area contributed by atoms with E-state index in [1.807, 2.05) is 24.3 Å². The summed E-state index contributed by atoms with van der Waals surface area (Å²) in [5.74, 6) is -0.296. The lowest BCUT2D eigenvalue weighted by molar-refractivity contribution is 0.298. The Morgan fingerprint density at radius 3 is 2.62 bits per heavy atom. The van der Waals surface area contributed by atoms with E-state index >= 15 is 0 Å². The Balaban J connectivity index is 1.99. The van der Waals surface area contributed by atoms with Gasteiger partial charge in [-0.1, -0.05) is 18.2 Å². The quantitative estimate of drug-likeness (QED) is 0.534. The summed E-state index contributed by atoms with van der Waals surface area (Å²) in [6.07, 6.45) is 0.827. The third-order valence-electron chi connectivity index (χ3n) is 4.94. The zero-order valence-corrected chi connectivity index (χ0v) is 15.0. The topological polar surface area (TPSA) is 103 Å². The number of para-hydroxylation sites is 1. The maximum Gasteiger partial charge on any atom is 0.331 e. The smallest absolute Gasteiger partial charge is 0.331 e. The van der Waals surface area contributed by atoms with Crippen molar-refractivity contribution in [2.45, 2.75) is 38.8 Å². The van der Waals surface area contributed by atoms with Gasteiger partial charge in [0.05, 0.1) is 6.04 Å². The van der Waals surface area contributed by atoms with Crippen LogP contribution in [0, 0.1) is 0 Å². The number of nitrogens with one attached hydrogen (secondary N) is 3. The molecule has 0 unspecified atom stereocenters. The van der Waals surface area contributed by atoms with Gasteiger partial charge in [0.15, 0.2) is 0 Å². The normalized spacial score (nSPS) is 17.4. The number of rotatable bonds is 1. The van der Waals surface area contributed by atoms with Gasteiger partial charge in [0.1, 0.15) is 5.56 Å². The second-order valence-electron chi connectivity index (χ2n) is 7.70. The minimum atomic E-state index is -0.669. The Kier molecular flexibility index (Phi) is 3.59. The Morgan fingerprint density at radius 2 is 1.88 bits per heavy atom. The standard InChI is InChI=1S/C19H22N4O3/c1-19(2,3)23-17(25)13(16(24)22-18(23)26)15-14-11(8-9-20-15)10-6-4-5-7-12(10)21-14/h4-7,15,20-21,25H,8-9H2,1-3H3,(H,22,24,26)/t15-/m1/s1. The van der Waals surface area contributed by atoms with Crippen molar-refractivity contribution in [3.05, 3.63) is 61.9 Å². The van der Waals surface area contributed by atoms with Crippen LogP contribution in [0.3, 0.4) is 0 Å². The Hall–Kier alpha value is -2.80. The molecule has 3 aromatic rings. The highest BCUT2D eigenvalue weighted by molar-refractivity contribution is 5.85. The minimum Gasteiger partial charge on any atom is -0.494 e. The highest BCUT2D eigenvalue weighted by Crippen LogP contribution is 2.35. The first-order valence-electron chi connectivity index (χ1n) is 8.70. The molecule has 7 heteroatoms. The Bertz CT molecular complexity index is 1110. The summed E-state index contributed by atoms with van der Waals surface area (Å²) >= 11 is 0. The van der Waals surface area contributed by atoms with Crippen LogP contribution in [0.2, 0.25) is 0 Å². The lowest BCUT2D eigenvalue weighted by Gasteiger charge is -2.28. The van der Waals surface area contributed by atoms with Crippen LogP contribution >= 0.6 is 0 Å². The summed E-state index contributed by atoms with van der Waals surface area (Å²) < 4.78 is 1.22. The molecular weight excluding hydrogens is 332 g/mol. The van der Waals surface area contributed by atoms with Crippen LogP contribution in [0.5, 0.6) is 5.88 Å². The highest BCUT2D eigenvalue weighted by Gasteiger charge is 2.32. The molecule has 0 aliphatic carbocycles. The van der Waals surface area contributed by atoms with E-state index in [4.69, 9.17) is 0 Å². The van der Waals surface area contributed by atoms with Crippen molar-refractivity contribution in [3.8, 4) is 5.88 Å². The van der Waals surface area contributed by atoms with E-state index < -0.39 is 22.8 Å². The molecule has 4 N–H and O–H groups in total. The molecule has 1 aliphatic heterocycles. The van der Waals surface area contributed by atoms with Gasteiger partial charge >= 0.3 is 5.69 Å². The van der Waals surface area contributed by atoms with Crippen LogP contribution in [0.4, 0.5) is 0 Å². The molecule has 7 nitrogen and oxygen atoms in total. The number of nitrogens with zero attached hydrogens (tertiary/aromatic N) is 1. The molecule has 26 heavy (non-hydrogen) atoms. The average molecular weight is 354 g/mol. The molecule has 0 radical (unpaired) electrons. The van der Waals surface area contributed by atoms with E-state index in [0.29, 0.717) is 6.54 Å². The zero-order chi connectivity index (χ0) is 18.6. The van der Waals surface area contributed by atoms with E-state index in [0.717, 1.165) is 28.6 Å². The van der Waals surface area contributed by atoms with Crippen molar-refractivity contribution in [1.82, 2.24) is 19.9 Å². The minimum absolute atomic E-state index is 0.159. The van der Waals surface area contributed by atoms with Gasteiger partial charge < -0.3 is 15.4 Å². The number of benzene rings is 1. The number of aromatic amines is 2. The fourth-order valence-electron chi connectivity index (χ4n) is 3.85. The van der Waals surface area contributed by atoms with Crippen molar-refractivity contribution in [2.24, 2.45) is 0 Å². The first-order valence-corrected chi connectivity index (χ1v) is 8.70. The lowest BCUT2D eigenvalue weighted by Crippen LogP contribution is -2.43. The van der Waals surface area contributed by atoms with Gasteiger partial charge in [-0.2, -0.15) is 0 Å². The van der Waals surface area contributed by atoms with E-state index in [1.54, 1.807) is 20.8 Å². The summed E-state index contributed by atoms with van der Waals surface area (Å²) in [5.41, 5.74) is 1.29. The zero-order valence-electron chi connectivity index (χ0n) is 15.0. The number of aromatic hydroxyl groups is 1. The van der Waals surface area contributed by atoms with Gasteiger partial charge in [0.25, 0.3) is 5.56 Å². The molecule has 0 saturated heterocycles. The van der Waals surface area contributed by atoms with Gasteiger partial charge in [0.2, 0.25) is 5.88 Å². The first kappa shape index (κ1) is 16.7. The van der Waals surface area contributed by atoms with E-state index in [2.05, 4.69) is 15.3 Å². The molecule has 4 rings (SSSR count). The Morgan fingerprint density at radius 1 is 1.15 bits per heavy atom. The van der Waals surface area contributed by atoms with Crippen molar-refractivity contribution >= 4 is 10.9 Å². The molecule has 136 valence electrons. The molecule has 2 aromatic heterocycles. The van der Waals surface area contributed by atoms with Gasteiger partial charge in [-0.05, 0) is 38.8 Å². The van der Waals surface area contributed by atoms with Gasteiger partial charge in [0, 0.05) is 28.7 Å². The fraction of sp³-hybridized carbons (Fsp3) is 0.368. The molecule has 0 fully saturated rings. The SMILES string of the molecule is CC(C)(C)n1c(O)c([C@H]2NCCc3c2[nH]c2ccccc32)c(=O)[nH]c1=O. The molecule has 0 spiro atoms. The number of hydrogen-bond acceptors (Lipinski definition) is 4. The summed E-state index contributed by atoms with van der Waals surface area (Å²) in [6.45, 7) is 6.09. The first-order chi connectivity index (χ1) is 12.3. The van der Waals surface area contributed by atoms with E-state index in [1.165, 1.54) is 4.57 Å². The summed E-state index contributed by atoms with van der Waals surface area (Å²) in [7, 11) is 0. The predicted octanol–water partition coefficient (Wildman–Crippen LogP) is 1.71. The second-order valence-corrected chi connectivity index (χ2v) is 7.70. The molecule has 0 saturated carbocycles. The summed E-state index contributed by atoms with van der Waals surface area (Å²) in [4.78, 5) is 30.6. The van der Waals surface area contributed by atoms with Crippen LogP contribution < -0.4 is 16.6 Å². The van der Waals surface area contributed by atoms with Gasteiger partial charge in [-0.25, -0.2) is 4.79 Å². The molecule has 1 aliphatic rings. The van der Waals surface area contributed by atoms with Crippen molar-refractivity contribution in [1.29, 1.82) is 0 Å². The fourth-order valence-corrected chi connectivity index (χ4v) is 3.85.